The molecule has 0 fully saturated rings. The highest BCUT2D eigenvalue weighted by Gasteiger charge is 2.14. The number of rotatable bonds is 6. The maximum absolute atomic E-state index is 11.1. The Morgan fingerprint density at radius 1 is 0.750 bits per heavy atom. The van der Waals surface area contributed by atoms with E-state index in [0.29, 0.717) is 13.0 Å². The Hall–Kier alpha value is -2.28. The molecule has 0 aromatic rings. The van der Waals surface area contributed by atoms with Gasteiger partial charge in [-0.1, -0.05) is 6.92 Å². The fourth-order valence-electron chi connectivity index (χ4n) is 1.88. The summed E-state index contributed by atoms with van der Waals surface area (Å²) in [6.45, 7) is 19.4. The number of urea groups is 3. The fourth-order valence-corrected chi connectivity index (χ4v) is 2.35. The molecule has 0 bridgehead atoms. The molecule has 0 aliphatic heterocycles. The van der Waals surface area contributed by atoms with Crippen molar-refractivity contribution in [1.82, 2.24) is 31.9 Å². The SMILES string of the molecule is CC(C)(C)NC(=O)NCCS(C)(=O)=O.CCC(O)CNC(=O)NC(C)(C)C.CNC(=O)NC(C)(C)C. The van der Waals surface area contributed by atoms with Gasteiger partial charge in [0.05, 0.1) is 11.9 Å². The highest BCUT2D eigenvalue weighted by molar-refractivity contribution is 7.90. The summed E-state index contributed by atoms with van der Waals surface area (Å²) in [7, 11) is -1.41. The predicted molar refractivity (Wildman–Crippen MR) is 146 cm³/mol. The van der Waals surface area contributed by atoms with Gasteiger partial charge in [0, 0.05) is 43.0 Å². The molecule has 0 spiro atoms. The zero-order valence-electron chi connectivity index (χ0n) is 24.3. The quantitative estimate of drug-likeness (QED) is 0.269. The monoisotopic (exact) mass is 540 g/mol. The normalized spacial score (nSPS) is 12.4. The lowest BCUT2D eigenvalue weighted by Gasteiger charge is -2.21. The molecule has 0 rings (SSSR count). The third kappa shape index (κ3) is 36.3. The smallest absolute Gasteiger partial charge is 0.315 e. The van der Waals surface area contributed by atoms with Gasteiger partial charge in [-0.2, -0.15) is 0 Å². The van der Waals surface area contributed by atoms with Gasteiger partial charge in [-0.25, -0.2) is 22.8 Å². The Bertz CT molecular complexity index is 753. The van der Waals surface area contributed by atoms with Crippen LogP contribution in [0, 0.1) is 0 Å². The zero-order valence-corrected chi connectivity index (χ0v) is 25.1. The molecular formula is C23H52N6O6S. The van der Waals surface area contributed by atoms with Crippen molar-refractivity contribution in [2.75, 3.05) is 32.1 Å². The Balaban J connectivity index is -0.000000465. The lowest BCUT2D eigenvalue weighted by molar-refractivity contribution is 0.165. The first-order valence-electron chi connectivity index (χ1n) is 11.9. The van der Waals surface area contributed by atoms with E-state index in [2.05, 4.69) is 31.9 Å². The number of sulfone groups is 1. The Morgan fingerprint density at radius 3 is 1.39 bits per heavy atom. The van der Waals surface area contributed by atoms with E-state index in [1.165, 1.54) is 0 Å². The lowest BCUT2D eigenvalue weighted by atomic mass is 10.1. The minimum Gasteiger partial charge on any atom is -0.391 e. The number of carbonyl (C=O) groups is 3. The van der Waals surface area contributed by atoms with Crippen LogP contribution in [0.15, 0.2) is 0 Å². The van der Waals surface area contributed by atoms with Gasteiger partial charge in [0.15, 0.2) is 0 Å². The summed E-state index contributed by atoms with van der Waals surface area (Å²) in [5.41, 5.74) is -0.684. The van der Waals surface area contributed by atoms with Crippen LogP contribution in [0.4, 0.5) is 14.4 Å². The second-order valence-electron chi connectivity index (χ2n) is 11.4. The van der Waals surface area contributed by atoms with E-state index in [-0.39, 0.29) is 47.0 Å². The standard InChI is InChI=1S/C9H20N2O2.C8H18N2O3S.C6H14N2O/c1-5-7(12)6-10-8(13)11-9(2,3)4;1-8(2,3)10-7(11)9-5-6-14(4,12)13;1-6(2,3)8-5(9)7-4/h7,12H,5-6H2,1-4H3,(H2,10,11,13);5-6H2,1-4H3,(H2,9,10,11);1-4H3,(H2,7,8,9). The zero-order chi connectivity index (χ0) is 29.4. The topological polar surface area (TPSA) is 178 Å². The molecule has 7 N–H and O–H groups in total. The number of aliphatic hydroxyl groups is 1. The maximum atomic E-state index is 11.1. The molecule has 36 heavy (non-hydrogen) atoms. The van der Waals surface area contributed by atoms with Crippen LogP contribution in [0.5, 0.6) is 0 Å². The molecule has 0 aromatic carbocycles. The third-order valence-electron chi connectivity index (χ3n) is 3.42. The van der Waals surface area contributed by atoms with Gasteiger partial charge in [0.1, 0.15) is 9.84 Å². The number of hydrogen-bond donors (Lipinski definition) is 7. The highest BCUT2D eigenvalue weighted by Crippen LogP contribution is 1.98. The average Bonchev–Trinajstić information content (AvgIpc) is 2.61. The van der Waals surface area contributed by atoms with E-state index in [4.69, 9.17) is 5.11 Å². The molecule has 13 heteroatoms. The van der Waals surface area contributed by atoms with Crippen LogP contribution >= 0.6 is 0 Å². The van der Waals surface area contributed by atoms with Crippen molar-refractivity contribution in [2.24, 2.45) is 0 Å². The van der Waals surface area contributed by atoms with Gasteiger partial charge in [-0.05, 0) is 68.7 Å². The highest BCUT2D eigenvalue weighted by atomic mass is 32.2. The van der Waals surface area contributed by atoms with E-state index < -0.39 is 15.9 Å². The Kier molecular flexibility index (Phi) is 18.3. The summed E-state index contributed by atoms with van der Waals surface area (Å²) in [4.78, 5) is 32.9. The van der Waals surface area contributed by atoms with E-state index in [9.17, 15) is 22.8 Å². The van der Waals surface area contributed by atoms with Crippen LogP contribution in [0.3, 0.4) is 0 Å². The largest absolute Gasteiger partial charge is 0.391 e. The van der Waals surface area contributed by atoms with Crippen molar-refractivity contribution in [1.29, 1.82) is 0 Å². The van der Waals surface area contributed by atoms with Crippen LogP contribution in [0.1, 0.15) is 75.7 Å². The van der Waals surface area contributed by atoms with Crippen LogP contribution in [0.2, 0.25) is 0 Å². The lowest BCUT2D eigenvalue weighted by Crippen LogP contribution is -2.48. The summed E-state index contributed by atoms with van der Waals surface area (Å²) in [6, 6.07) is -0.719. The first-order valence-corrected chi connectivity index (χ1v) is 13.9. The average molecular weight is 541 g/mol. The van der Waals surface area contributed by atoms with Crippen molar-refractivity contribution < 1.29 is 27.9 Å². The second kappa shape index (κ2) is 17.2. The summed E-state index contributed by atoms with van der Waals surface area (Å²) in [5.74, 6) is -0.0371. The molecule has 1 unspecified atom stereocenters. The van der Waals surface area contributed by atoms with Crippen molar-refractivity contribution >= 4 is 27.9 Å². The molecule has 0 aliphatic rings. The molecule has 0 aromatic heterocycles. The van der Waals surface area contributed by atoms with Crippen LogP contribution in [-0.4, -0.2) is 86.5 Å². The van der Waals surface area contributed by atoms with Crippen molar-refractivity contribution in [3.8, 4) is 0 Å². The fraction of sp³-hybridized carbons (Fsp3) is 0.870. The van der Waals surface area contributed by atoms with Crippen molar-refractivity contribution in [3.63, 3.8) is 0 Å². The number of amides is 6. The van der Waals surface area contributed by atoms with Crippen molar-refractivity contribution in [3.05, 3.63) is 0 Å². The van der Waals surface area contributed by atoms with Crippen LogP contribution in [0.25, 0.3) is 0 Å². The number of hydrogen-bond acceptors (Lipinski definition) is 6. The van der Waals surface area contributed by atoms with Crippen molar-refractivity contribution in [2.45, 2.75) is 98.4 Å². The van der Waals surface area contributed by atoms with E-state index >= 15 is 0 Å². The second-order valence-corrected chi connectivity index (χ2v) is 13.6. The van der Waals surface area contributed by atoms with E-state index in [1.807, 2.05) is 69.2 Å². The van der Waals surface area contributed by atoms with E-state index in [1.54, 1.807) is 7.05 Å². The first kappa shape index (κ1) is 38.3. The van der Waals surface area contributed by atoms with Gasteiger partial charge in [-0.15, -0.1) is 0 Å². The van der Waals surface area contributed by atoms with Gasteiger partial charge >= 0.3 is 18.1 Å². The molecule has 12 nitrogen and oxygen atoms in total. The number of carbonyl (C=O) groups excluding carboxylic acids is 3. The van der Waals surface area contributed by atoms with Gasteiger partial charge in [0.25, 0.3) is 0 Å². The summed E-state index contributed by atoms with van der Waals surface area (Å²) >= 11 is 0. The molecule has 0 saturated carbocycles. The molecule has 6 amide bonds. The molecule has 1 atom stereocenters. The molecule has 0 heterocycles. The summed E-state index contributed by atoms with van der Waals surface area (Å²) < 4.78 is 21.5. The molecular weight excluding hydrogens is 488 g/mol. The Morgan fingerprint density at radius 2 is 1.11 bits per heavy atom. The third-order valence-corrected chi connectivity index (χ3v) is 4.37. The van der Waals surface area contributed by atoms with E-state index in [0.717, 1.165) is 6.26 Å². The Labute approximate surface area is 218 Å². The first-order chi connectivity index (χ1) is 15.9. The molecule has 0 aliphatic carbocycles. The molecule has 0 saturated heterocycles. The summed E-state index contributed by atoms with van der Waals surface area (Å²) in [5, 5.41) is 24.8. The van der Waals surface area contributed by atoms with Crippen LogP contribution < -0.4 is 31.9 Å². The number of nitrogens with one attached hydrogen (secondary N) is 6. The molecule has 0 radical (unpaired) electrons. The minimum absolute atomic E-state index is 0.0371. The minimum atomic E-state index is -3.01. The maximum Gasteiger partial charge on any atom is 0.315 e. The number of aliphatic hydroxyl groups excluding tert-OH is 1. The molecule has 216 valence electrons. The van der Waals surface area contributed by atoms with Crippen LogP contribution in [-0.2, 0) is 9.84 Å². The van der Waals surface area contributed by atoms with Gasteiger partial charge in [-0.3, -0.25) is 0 Å². The summed E-state index contributed by atoms with van der Waals surface area (Å²) in [6.07, 6.45) is 1.33. The van der Waals surface area contributed by atoms with Gasteiger partial charge < -0.3 is 37.0 Å². The van der Waals surface area contributed by atoms with Gasteiger partial charge in [0.2, 0.25) is 0 Å². The predicted octanol–water partition coefficient (Wildman–Crippen LogP) is 1.70.